The molecule has 1 atom stereocenters. The molecule has 0 amide bonds. The number of rotatable bonds is 3. The molecule has 1 aromatic rings. The van der Waals surface area contributed by atoms with Crippen molar-refractivity contribution in [2.75, 3.05) is 45.2 Å². The van der Waals surface area contributed by atoms with Crippen molar-refractivity contribution >= 4 is 17.4 Å². The highest BCUT2D eigenvalue weighted by Gasteiger charge is 2.17. The highest BCUT2D eigenvalue weighted by Crippen LogP contribution is 2.26. The van der Waals surface area contributed by atoms with Crippen LogP contribution in [-0.2, 0) is 0 Å². The molecule has 1 aromatic heterocycles. The Balaban J connectivity index is 2.19. The third-order valence-electron chi connectivity index (χ3n) is 3.60. The summed E-state index contributed by atoms with van der Waals surface area (Å²) in [5.74, 6) is 1.03. The molecule has 1 fully saturated rings. The fourth-order valence-electron chi connectivity index (χ4n) is 2.14. The van der Waals surface area contributed by atoms with E-state index in [1.165, 1.54) is 0 Å². The minimum atomic E-state index is 0.242. The largest absolute Gasteiger partial charge is 0.354 e. The van der Waals surface area contributed by atoms with Gasteiger partial charge < -0.3 is 15.1 Å². The summed E-state index contributed by atoms with van der Waals surface area (Å²) in [6.45, 7) is 6.33. The quantitative estimate of drug-likeness (QED) is 0.905. The zero-order valence-electron chi connectivity index (χ0n) is 11.3. The maximum absolute atomic E-state index is 6.20. The van der Waals surface area contributed by atoms with Gasteiger partial charge in [0.05, 0.1) is 5.02 Å². The van der Waals surface area contributed by atoms with E-state index in [0.717, 1.165) is 42.6 Å². The van der Waals surface area contributed by atoms with Gasteiger partial charge in [-0.3, -0.25) is 0 Å². The first-order valence-electron chi connectivity index (χ1n) is 6.38. The van der Waals surface area contributed by atoms with Crippen LogP contribution in [0.1, 0.15) is 18.5 Å². The molecule has 0 aliphatic carbocycles. The van der Waals surface area contributed by atoms with E-state index in [2.05, 4.69) is 40.1 Å². The Hall–Kier alpha value is -0.840. The van der Waals surface area contributed by atoms with Crippen LogP contribution >= 0.6 is 11.6 Å². The van der Waals surface area contributed by atoms with Gasteiger partial charge >= 0.3 is 0 Å². The molecule has 100 valence electrons. The highest BCUT2D eigenvalue weighted by atomic mass is 35.5. The minimum absolute atomic E-state index is 0.242. The third-order valence-corrected chi connectivity index (χ3v) is 3.91. The smallest absolute Gasteiger partial charge is 0.129 e. The van der Waals surface area contributed by atoms with Crippen LogP contribution in [0.15, 0.2) is 12.3 Å². The van der Waals surface area contributed by atoms with E-state index in [4.69, 9.17) is 11.6 Å². The Morgan fingerprint density at radius 2 is 2.00 bits per heavy atom. The predicted octanol–water partition coefficient (Wildman–Crippen LogP) is 1.77. The molecule has 5 heteroatoms. The zero-order valence-corrected chi connectivity index (χ0v) is 12.0. The normalized spacial score (nSPS) is 19.0. The topological polar surface area (TPSA) is 31.4 Å². The second-order valence-electron chi connectivity index (χ2n) is 4.86. The van der Waals surface area contributed by atoms with Crippen LogP contribution in [0.4, 0.5) is 5.82 Å². The van der Waals surface area contributed by atoms with Crippen LogP contribution in [0.2, 0.25) is 5.02 Å². The Morgan fingerprint density at radius 3 is 2.61 bits per heavy atom. The average Bonchev–Trinajstić information content (AvgIpc) is 2.39. The van der Waals surface area contributed by atoms with Crippen LogP contribution in [0, 0.1) is 0 Å². The van der Waals surface area contributed by atoms with Crippen molar-refractivity contribution in [3.63, 3.8) is 0 Å². The molecule has 1 aliphatic rings. The van der Waals surface area contributed by atoms with Gasteiger partial charge in [0.25, 0.3) is 0 Å². The summed E-state index contributed by atoms with van der Waals surface area (Å²) in [6, 6.07) is 2.35. The first kappa shape index (κ1) is 13.6. The minimum Gasteiger partial charge on any atom is -0.354 e. The second kappa shape index (κ2) is 5.87. The SMILES string of the molecule is CNC(C)c1cc(N2CCN(C)CC2)ncc1Cl. The molecule has 18 heavy (non-hydrogen) atoms. The molecule has 2 heterocycles. The molecule has 1 unspecified atom stereocenters. The van der Waals surface area contributed by atoms with Crippen molar-refractivity contribution in [1.29, 1.82) is 0 Å². The van der Waals surface area contributed by atoms with Crippen LogP contribution in [0.3, 0.4) is 0 Å². The summed E-state index contributed by atoms with van der Waals surface area (Å²) in [5.41, 5.74) is 1.11. The molecule has 0 radical (unpaired) electrons. The van der Waals surface area contributed by atoms with Crippen molar-refractivity contribution in [2.45, 2.75) is 13.0 Å². The molecule has 0 bridgehead atoms. The second-order valence-corrected chi connectivity index (χ2v) is 5.27. The number of hydrogen-bond donors (Lipinski definition) is 1. The number of halogens is 1. The van der Waals surface area contributed by atoms with Gasteiger partial charge in [0.1, 0.15) is 5.82 Å². The zero-order chi connectivity index (χ0) is 13.1. The number of nitrogens with zero attached hydrogens (tertiary/aromatic N) is 3. The summed E-state index contributed by atoms with van der Waals surface area (Å²) in [7, 11) is 4.10. The lowest BCUT2D eigenvalue weighted by atomic mass is 10.1. The van der Waals surface area contributed by atoms with Gasteiger partial charge in [-0.05, 0) is 32.6 Å². The van der Waals surface area contributed by atoms with Crippen LogP contribution in [-0.4, -0.2) is 50.2 Å². The molecule has 0 aromatic carbocycles. The van der Waals surface area contributed by atoms with E-state index in [1.54, 1.807) is 6.20 Å². The molecule has 1 N–H and O–H groups in total. The third kappa shape index (κ3) is 2.94. The number of likely N-dealkylation sites (N-methyl/N-ethyl adjacent to an activating group) is 1. The van der Waals surface area contributed by atoms with Gasteiger partial charge in [-0.25, -0.2) is 4.98 Å². The number of anilines is 1. The Morgan fingerprint density at radius 1 is 1.33 bits per heavy atom. The van der Waals surface area contributed by atoms with Crippen molar-refractivity contribution in [2.24, 2.45) is 0 Å². The van der Waals surface area contributed by atoms with E-state index in [9.17, 15) is 0 Å². The summed E-state index contributed by atoms with van der Waals surface area (Å²) in [6.07, 6.45) is 1.76. The van der Waals surface area contributed by atoms with Gasteiger partial charge in [0.15, 0.2) is 0 Å². The first-order chi connectivity index (χ1) is 8.61. The number of piperazine rings is 1. The first-order valence-corrected chi connectivity index (χ1v) is 6.76. The lowest BCUT2D eigenvalue weighted by Gasteiger charge is -2.33. The summed E-state index contributed by atoms with van der Waals surface area (Å²) in [5, 5.41) is 3.95. The summed E-state index contributed by atoms with van der Waals surface area (Å²) in [4.78, 5) is 9.11. The number of pyridine rings is 1. The average molecular weight is 269 g/mol. The Kier molecular flexibility index (Phi) is 4.43. The highest BCUT2D eigenvalue weighted by molar-refractivity contribution is 6.31. The van der Waals surface area contributed by atoms with Gasteiger partial charge in [-0.1, -0.05) is 11.6 Å². The van der Waals surface area contributed by atoms with E-state index in [0.29, 0.717) is 0 Å². The number of aromatic nitrogens is 1. The van der Waals surface area contributed by atoms with Gasteiger partial charge in [-0.2, -0.15) is 0 Å². The van der Waals surface area contributed by atoms with Crippen molar-refractivity contribution in [1.82, 2.24) is 15.2 Å². The van der Waals surface area contributed by atoms with Crippen molar-refractivity contribution in [3.05, 3.63) is 22.8 Å². The van der Waals surface area contributed by atoms with Gasteiger partial charge in [-0.15, -0.1) is 0 Å². The van der Waals surface area contributed by atoms with Crippen LogP contribution in [0.25, 0.3) is 0 Å². The molecule has 1 aliphatic heterocycles. The maximum Gasteiger partial charge on any atom is 0.129 e. The summed E-state index contributed by atoms with van der Waals surface area (Å²) < 4.78 is 0. The molecule has 4 nitrogen and oxygen atoms in total. The molecule has 2 rings (SSSR count). The standard InChI is InChI=1S/C13H21ClN4/c1-10(15-2)11-8-13(16-9-12(11)14)18-6-4-17(3)5-7-18/h8-10,15H,4-7H2,1-3H3. The number of nitrogens with one attached hydrogen (secondary N) is 1. The fourth-order valence-corrected chi connectivity index (χ4v) is 2.41. The Bertz CT molecular complexity index is 402. The predicted molar refractivity (Wildman–Crippen MR) is 76.4 cm³/mol. The van der Waals surface area contributed by atoms with Crippen molar-refractivity contribution < 1.29 is 0 Å². The van der Waals surface area contributed by atoms with Gasteiger partial charge in [0, 0.05) is 38.4 Å². The maximum atomic E-state index is 6.20. The fraction of sp³-hybridized carbons (Fsp3) is 0.615. The van der Waals surface area contributed by atoms with Gasteiger partial charge in [0.2, 0.25) is 0 Å². The lowest BCUT2D eigenvalue weighted by molar-refractivity contribution is 0.312. The van der Waals surface area contributed by atoms with E-state index in [1.807, 2.05) is 7.05 Å². The van der Waals surface area contributed by atoms with E-state index >= 15 is 0 Å². The Labute approximate surface area is 114 Å². The molecular weight excluding hydrogens is 248 g/mol. The van der Waals surface area contributed by atoms with E-state index < -0.39 is 0 Å². The van der Waals surface area contributed by atoms with Crippen LogP contribution < -0.4 is 10.2 Å². The summed E-state index contributed by atoms with van der Waals surface area (Å²) >= 11 is 6.20. The lowest BCUT2D eigenvalue weighted by Crippen LogP contribution is -2.44. The monoisotopic (exact) mass is 268 g/mol. The molecule has 1 saturated heterocycles. The molecule has 0 saturated carbocycles. The van der Waals surface area contributed by atoms with Crippen LogP contribution in [0.5, 0.6) is 0 Å². The van der Waals surface area contributed by atoms with E-state index in [-0.39, 0.29) is 6.04 Å². The number of hydrogen-bond acceptors (Lipinski definition) is 4. The van der Waals surface area contributed by atoms with Crippen molar-refractivity contribution in [3.8, 4) is 0 Å². The molecule has 0 spiro atoms. The molecular formula is C13H21ClN4.